The van der Waals surface area contributed by atoms with Crippen molar-refractivity contribution in [2.24, 2.45) is 5.73 Å². The van der Waals surface area contributed by atoms with Crippen LogP contribution in [0.1, 0.15) is 18.4 Å². The molecule has 0 aliphatic carbocycles. The first kappa shape index (κ1) is 11.3. The molecule has 1 rings (SSSR count). The fraction of sp³-hybridized carbons (Fsp3) is 0.400. The zero-order valence-corrected chi connectivity index (χ0v) is 8.94. The van der Waals surface area contributed by atoms with Gasteiger partial charge < -0.3 is 10.5 Å². The Balaban J connectivity index is 3.17. The smallest absolute Gasteiger partial charge is 0.149 e. The lowest BCUT2D eigenvalue weighted by Gasteiger charge is -2.12. The van der Waals surface area contributed by atoms with Crippen molar-refractivity contribution in [2.75, 3.05) is 13.7 Å². The van der Waals surface area contributed by atoms with Crippen LogP contribution in [0.4, 0.5) is 4.39 Å². The van der Waals surface area contributed by atoms with E-state index in [-0.39, 0.29) is 10.9 Å². The van der Waals surface area contributed by atoms with E-state index in [4.69, 9.17) is 22.1 Å². The Morgan fingerprint density at radius 1 is 1.57 bits per heavy atom. The summed E-state index contributed by atoms with van der Waals surface area (Å²) in [4.78, 5) is 0. The first-order chi connectivity index (χ1) is 6.61. The minimum atomic E-state index is -0.441. The number of hydrogen-bond donors (Lipinski definition) is 1. The molecule has 0 heterocycles. The molecule has 0 saturated heterocycles. The molecule has 1 unspecified atom stereocenters. The largest absolute Gasteiger partial charge is 0.495 e. The summed E-state index contributed by atoms with van der Waals surface area (Å²) in [6, 6.07) is 3.30. The Hall–Kier alpha value is -0.800. The summed E-state index contributed by atoms with van der Waals surface area (Å²) < 4.78 is 18.5. The van der Waals surface area contributed by atoms with Gasteiger partial charge in [-0.1, -0.05) is 24.6 Å². The highest BCUT2D eigenvalue weighted by Crippen LogP contribution is 2.32. The lowest BCUT2D eigenvalue weighted by Crippen LogP contribution is -2.10. The summed E-state index contributed by atoms with van der Waals surface area (Å²) in [6.45, 7) is 2.24. The monoisotopic (exact) mass is 217 g/mol. The number of hydrogen-bond acceptors (Lipinski definition) is 2. The van der Waals surface area contributed by atoms with Crippen molar-refractivity contribution in [1.82, 2.24) is 0 Å². The molecule has 0 saturated carbocycles. The Kier molecular flexibility index (Phi) is 3.72. The van der Waals surface area contributed by atoms with Crippen LogP contribution >= 0.6 is 11.6 Å². The number of ether oxygens (including phenoxy) is 1. The molecule has 0 spiro atoms. The fourth-order valence-corrected chi connectivity index (χ4v) is 1.46. The predicted molar refractivity (Wildman–Crippen MR) is 55.4 cm³/mol. The lowest BCUT2D eigenvalue weighted by atomic mass is 10.0. The molecule has 0 bridgehead atoms. The maximum atomic E-state index is 13.6. The Morgan fingerprint density at radius 2 is 2.21 bits per heavy atom. The van der Waals surface area contributed by atoms with Crippen molar-refractivity contribution in [1.29, 1.82) is 0 Å². The highest BCUT2D eigenvalue weighted by molar-refractivity contribution is 6.32. The van der Waals surface area contributed by atoms with Crippen molar-refractivity contribution in [2.45, 2.75) is 12.8 Å². The highest BCUT2D eigenvalue weighted by Gasteiger charge is 2.15. The average molecular weight is 218 g/mol. The van der Waals surface area contributed by atoms with Crippen LogP contribution in [0.15, 0.2) is 12.1 Å². The standard InChI is InChI=1S/C10H13ClFNO/c1-6(5-13)7-3-4-8(14-2)9(11)10(7)12/h3-4,6H,5,13H2,1-2H3. The van der Waals surface area contributed by atoms with E-state index in [1.54, 1.807) is 12.1 Å². The molecule has 14 heavy (non-hydrogen) atoms. The minimum Gasteiger partial charge on any atom is -0.495 e. The van der Waals surface area contributed by atoms with Crippen molar-refractivity contribution in [3.8, 4) is 5.75 Å². The predicted octanol–water partition coefficient (Wildman–Crippen LogP) is 2.55. The summed E-state index contributed by atoms with van der Waals surface area (Å²) in [5.74, 6) is -0.139. The van der Waals surface area contributed by atoms with Crippen LogP contribution in [-0.4, -0.2) is 13.7 Å². The lowest BCUT2D eigenvalue weighted by molar-refractivity contribution is 0.410. The van der Waals surface area contributed by atoms with E-state index in [0.29, 0.717) is 17.9 Å². The maximum absolute atomic E-state index is 13.6. The van der Waals surface area contributed by atoms with E-state index in [2.05, 4.69) is 0 Å². The van der Waals surface area contributed by atoms with Gasteiger partial charge in [0.15, 0.2) is 0 Å². The molecule has 2 N–H and O–H groups in total. The SMILES string of the molecule is COc1ccc(C(C)CN)c(F)c1Cl. The van der Waals surface area contributed by atoms with Crippen molar-refractivity contribution in [3.63, 3.8) is 0 Å². The van der Waals surface area contributed by atoms with Gasteiger partial charge in [-0.3, -0.25) is 0 Å². The summed E-state index contributed by atoms with van der Waals surface area (Å²) in [7, 11) is 1.45. The number of methoxy groups -OCH3 is 1. The Labute approximate surface area is 87.8 Å². The van der Waals surface area contributed by atoms with Gasteiger partial charge in [-0.2, -0.15) is 0 Å². The van der Waals surface area contributed by atoms with Gasteiger partial charge in [0, 0.05) is 0 Å². The van der Waals surface area contributed by atoms with Crippen LogP contribution in [0.25, 0.3) is 0 Å². The second kappa shape index (κ2) is 4.62. The molecular weight excluding hydrogens is 205 g/mol. The van der Waals surface area contributed by atoms with Crippen molar-refractivity contribution in [3.05, 3.63) is 28.5 Å². The molecule has 0 aliphatic heterocycles. The Morgan fingerprint density at radius 3 is 2.71 bits per heavy atom. The van der Waals surface area contributed by atoms with E-state index < -0.39 is 5.82 Å². The molecule has 2 nitrogen and oxygen atoms in total. The number of halogens is 2. The summed E-state index contributed by atoms with van der Waals surface area (Å²) in [5.41, 5.74) is 5.98. The quantitative estimate of drug-likeness (QED) is 0.845. The van der Waals surface area contributed by atoms with E-state index in [0.717, 1.165) is 0 Å². The van der Waals surface area contributed by atoms with Crippen LogP contribution in [0, 0.1) is 5.82 Å². The zero-order chi connectivity index (χ0) is 10.7. The normalized spacial score (nSPS) is 12.6. The minimum absolute atomic E-state index is 0.0188. The second-order valence-corrected chi connectivity index (χ2v) is 3.50. The van der Waals surface area contributed by atoms with Crippen LogP contribution in [0.3, 0.4) is 0 Å². The van der Waals surface area contributed by atoms with Gasteiger partial charge in [0.05, 0.1) is 7.11 Å². The van der Waals surface area contributed by atoms with Crippen molar-refractivity contribution >= 4 is 11.6 Å². The van der Waals surface area contributed by atoms with Gasteiger partial charge in [-0.25, -0.2) is 4.39 Å². The molecule has 4 heteroatoms. The van der Waals surface area contributed by atoms with Crippen LogP contribution in [0.2, 0.25) is 5.02 Å². The van der Waals surface area contributed by atoms with Gasteiger partial charge in [0.2, 0.25) is 0 Å². The topological polar surface area (TPSA) is 35.2 Å². The average Bonchev–Trinajstić information content (AvgIpc) is 2.21. The van der Waals surface area contributed by atoms with Crippen molar-refractivity contribution < 1.29 is 9.13 Å². The molecule has 78 valence electrons. The zero-order valence-electron chi connectivity index (χ0n) is 8.18. The first-order valence-corrected chi connectivity index (χ1v) is 4.71. The molecule has 0 aromatic heterocycles. The fourth-order valence-electron chi connectivity index (χ4n) is 1.21. The van der Waals surface area contributed by atoms with Crippen LogP contribution in [0.5, 0.6) is 5.75 Å². The van der Waals surface area contributed by atoms with Crippen LogP contribution < -0.4 is 10.5 Å². The first-order valence-electron chi connectivity index (χ1n) is 4.33. The van der Waals surface area contributed by atoms with Gasteiger partial charge >= 0.3 is 0 Å². The van der Waals surface area contributed by atoms with E-state index in [1.807, 2.05) is 6.92 Å². The molecular formula is C10H13ClFNO. The number of nitrogens with two attached hydrogens (primary N) is 1. The third-order valence-electron chi connectivity index (χ3n) is 2.18. The van der Waals surface area contributed by atoms with E-state index in [1.165, 1.54) is 7.11 Å². The maximum Gasteiger partial charge on any atom is 0.149 e. The molecule has 0 amide bonds. The van der Waals surface area contributed by atoms with Gasteiger partial charge in [-0.15, -0.1) is 0 Å². The summed E-state index contributed by atoms with van der Waals surface area (Å²) >= 11 is 5.76. The molecule has 1 aromatic carbocycles. The summed E-state index contributed by atoms with van der Waals surface area (Å²) in [5, 5.41) is 0.0188. The molecule has 0 fully saturated rings. The van der Waals surface area contributed by atoms with E-state index in [9.17, 15) is 4.39 Å². The third kappa shape index (κ3) is 1.99. The molecule has 1 aromatic rings. The third-order valence-corrected chi connectivity index (χ3v) is 2.53. The number of rotatable bonds is 3. The molecule has 0 aliphatic rings. The van der Waals surface area contributed by atoms with Gasteiger partial charge in [-0.05, 0) is 24.1 Å². The second-order valence-electron chi connectivity index (χ2n) is 3.12. The highest BCUT2D eigenvalue weighted by atomic mass is 35.5. The molecule has 1 atom stereocenters. The Bertz CT molecular complexity index is 330. The van der Waals surface area contributed by atoms with E-state index >= 15 is 0 Å². The van der Waals surface area contributed by atoms with Gasteiger partial charge in [0.25, 0.3) is 0 Å². The summed E-state index contributed by atoms with van der Waals surface area (Å²) in [6.07, 6.45) is 0. The van der Waals surface area contributed by atoms with Gasteiger partial charge in [0.1, 0.15) is 16.6 Å². The molecule has 0 radical (unpaired) electrons. The van der Waals surface area contributed by atoms with Crippen LogP contribution in [-0.2, 0) is 0 Å². The number of benzene rings is 1.